The van der Waals surface area contributed by atoms with Crippen molar-refractivity contribution in [3.05, 3.63) is 75.1 Å². The molecule has 0 aromatic heterocycles. The molecule has 3 atom stereocenters. The number of benzene rings is 2. The molecule has 6 aliphatic rings. The molecule has 2 aromatic rings. The van der Waals surface area contributed by atoms with Crippen molar-refractivity contribution in [2.45, 2.75) is 83.5 Å². The lowest BCUT2D eigenvalue weighted by atomic mass is 9.72. The van der Waals surface area contributed by atoms with Crippen LogP contribution in [0.2, 0.25) is 5.02 Å². The van der Waals surface area contributed by atoms with Crippen LogP contribution in [-0.2, 0) is 16.1 Å². The Kier molecular flexibility index (Phi) is 7.60. The van der Waals surface area contributed by atoms with Gasteiger partial charge in [0.1, 0.15) is 11.9 Å². The van der Waals surface area contributed by atoms with Crippen molar-refractivity contribution in [2.24, 2.45) is 5.41 Å². The summed E-state index contributed by atoms with van der Waals surface area (Å²) < 4.78 is 15.4. The molecule has 2 aromatic carbocycles. The molecule has 5 heterocycles. The zero-order valence-corrected chi connectivity index (χ0v) is 26.5. The molecule has 5 aliphatic heterocycles. The van der Waals surface area contributed by atoms with E-state index in [0.29, 0.717) is 12.1 Å². The van der Waals surface area contributed by atoms with Gasteiger partial charge in [0, 0.05) is 55.3 Å². The van der Waals surface area contributed by atoms with Crippen molar-refractivity contribution < 1.29 is 23.6 Å². The van der Waals surface area contributed by atoms with Crippen molar-refractivity contribution in [2.75, 3.05) is 19.6 Å². The van der Waals surface area contributed by atoms with Crippen LogP contribution in [-0.4, -0.2) is 76.1 Å². The predicted molar refractivity (Wildman–Crippen MR) is 168 cm³/mol. The highest BCUT2D eigenvalue weighted by Gasteiger charge is 2.44. The number of rotatable bonds is 5. The second kappa shape index (κ2) is 11.4. The Labute approximate surface area is 267 Å². The first-order valence-electron chi connectivity index (χ1n) is 16.0. The number of hydrogen-bond donors (Lipinski definition) is 1. The molecular weight excluding hydrogens is 595 g/mol. The van der Waals surface area contributed by atoms with Gasteiger partial charge < -0.3 is 9.80 Å². The van der Waals surface area contributed by atoms with Crippen LogP contribution in [0.5, 0.6) is 0 Å². The zero-order chi connectivity index (χ0) is 31.6. The minimum Gasteiger partial charge on any atom is -0.333 e. The van der Waals surface area contributed by atoms with Crippen LogP contribution in [0.25, 0.3) is 5.57 Å². The fourth-order valence-corrected chi connectivity index (χ4v) is 8.14. The van der Waals surface area contributed by atoms with Crippen molar-refractivity contribution >= 4 is 40.8 Å². The number of fused-ring (bicyclic) bond motifs is 4. The Morgan fingerprint density at radius 2 is 1.78 bits per heavy atom. The third kappa shape index (κ3) is 5.58. The fraction of sp³-hybridized carbons (Fsp3) is 0.486. The summed E-state index contributed by atoms with van der Waals surface area (Å²) in [6.07, 6.45) is 5.43. The average Bonchev–Trinajstić information content (AvgIpc) is 3.34. The van der Waals surface area contributed by atoms with E-state index in [9.17, 15) is 19.2 Å². The number of nitrogens with zero attached hydrogens (tertiary/aromatic N) is 3. The monoisotopic (exact) mass is 632 g/mol. The smallest absolute Gasteiger partial charge is 0.258 e. The molecule has 0 radical (unpaired) electrons. The minimum atomic E-state index is -0.837. The number of allylic oxidation sites excluding steroid dienone is 1. The van der Waals surface area contributed by atoms with Gasteiger partial charge in [-0.15, -0.1) is 0 Å². The first kappa shape index (κ1) is 30.1. The largest absolute Gasteiger partial charge is 0.333 e. The maximum Gasteiger partial charge on any atom is 0.258 e. The van der Waals surface area contributed by atoms with E-state index in [4.69, 9.17) is 11.6 Å². The van der Waals surface area contributed by atoms with E-state index in [1.165, 1.54) is 27.7 Å². The van der Waals surface area contributed by atoms with Crippen LogP contribution >= 0.6 is 11.6 Å². The van der Waals surface area contributed by atoms with Gasteiger partial charge in [-0.25, -0.2) is 4.39 Å². The highest BCUT2D eigenvalue weighted by atomic mass is 35.5. The van der Waals surface area contributed by atoms with Gasteiger partial charge >= 0.3 is 0 Å². The van der Waals surface area contributed by atoms with Crippen molar-refractivity contribution in [3.8, 4) is 0 Å². The third-order valence-corrected chi connectivity index (χ3v) is 10.7. The molecule has 1 N–H and O–H groups in total. The Hall–Kier alpha value is -3.56. The summed E-state index contributed by atoms with van der Waals surface area (Å²) >= 11 is 6.20. The van der Waals surface area contributed by atoms with E-state index in [1.807, 2.05) is 17.0 Å². The standard InChI is InChI=1S/C35H38ClFN4O4/c1-35(2)12-11-21(27(15-35)20-3-5-24(36)6-4-20)16-39-18-26-8-7-25(39)19-40(26)33(44)22-13-23-17-41(34(45)31(23)28(37)14-22)29-9-10-30(42)38-32(29)43/h3-6,13-14,25-26,29H,7-12,15-19H2,1-2H3,(H,38,42,43). The summed E-state index contributed by atoms with van der Waals surface area (Å²) in [4.78, 5) is 56.7. The first-order valence-corrected chi connectivity index (χ1v) is 16.3. The molecule has 8 rings (SSSR count). The van der Waals surface area contributed by atoms with Crippen LogP contribution in [0.3, 0.4) is 0 Å². The lowest BCUT2D eigenvalue weighted by molar-refractivity contribution is -0.136. The van der Waals surface area contributed by atoms with Gasteiger partial charge in [0.15, 0.2) is 0 Å². The minimum absolute atomic E-state index is 0.0278. The van der Waals surface area contributed by atoms with Gasteiger partial charge in [0.05, 0.1) is 5.56 Å². The van der Waals surface area contributed by atoms with Gasteiger partial charge in [-0.05, 0) is 84.9 Å². The van der Waals surface area contributed by atoms with Gasteiger partial charge in [-0.3, -0.25) is 29.4 Å². The van der Waals surface area contributed by atoms with Crippen LogP contribution in [0, 0.1) is 11.2 Å². The highest BCUT2D eigenvalue weighted by molar-refractivity contribution is 6.30. The number of amides is 4. The maximum atomic E-state index is 15.4. The molecule has 236 valence electrons. The lowest BCUT2D eigenvalue weighted by Crippen LogP contribution is -2.64. The molecule has 45 heavy (non-hydrogen) atoms. The second-order valence-corrected chi connectivity index (χ2v) is 14.5. The van der Waals surface area contributed by atoms with E-state index < -0.39 is 23.7 Å². The number of carbonyl (C=O) groups is 4. The quantitative estimate of drug-likeness (QED) is 0.458. The Morgan fingerprint density at radius 1 is 1.02 bits per heavy atom. The van der Waals surface area contributed by atoms with Crippen molar-refractivity contribution in [1.82, 2.24) is 20.0 Å². The number of carbonyl (C=O) groups excluding carboxylic acids is 4. The van der Waals surface area contributed by atoms with E-state index >= 15 is 4.39 Å². The summed E-state index contributed by atoms with van der Waals surface area (Å²) in [6.45, 7) is 6.92. The van der Waals surface area contributed by atoms with Crippen LogP contribution in [0.4, 0.5) is 4.39 Å². The molecule has 2 bridgehead atoms. The molecule has 10 heteroatoms. The van der Waals surface area contributed by atoms with E-state index in [0.717, 1.165) is 50.2 Å². The number of piperidine rings is 3. The van der Waals surface area contributed by atoms with Gasteiger partial charge in [0.25, 0.3) is 11.8 Å². The summed E-state index contributed by atoms with van der Waals surface area (Å²) in [7, 11) is 0. The predicted octanol–water partition coefficient (Wildman–Crippen LogP) is 5.19. The fourth-order valence-electron chi connectivity index (χ4n) is 8.01. The highest BCUT2D eigenvalue weighted by Crippen LogP contribution is 2.44. The van der Waals surface area contributed by atoms with Crippen molar-refractivity contribution in [1.29, 1.82) is 0 Å². The summed E-state index contributed by atoms with van der Waals surface area (Å²) in [5, 5.41) is 3.00. The number of imide groups is 1. The number of hydrogen-bond acceptors (Lipinski definition) is 5. The Balaban J connectivity index is 1.07. The maximum absolute atomic E-state index is 15.4. The number of halogens is 2. The van der Waals surface area contributed by atoms with E-state index in [1.54, 1.807) is 6.07 Å². The zero-order valence-electron chi connectivity index (χ0n) is 25.7. The molecular formula is C35H38ClFN4O4. The van der Waals surface area contributed by atoms with Crippen LogP contribution in [0.15, 0.2) is 42.0 Å². The Bertz CT molecular complexity index is 1640. The molecule has 3 unspecified atom stereocenters. The SMILES string of the molecule is CC1(C)CCC(CN2CC3CCC2CN3C(=O)c2cc(F)c3c(c2)CN(C2CCC(=O)NC2=O)C3=O)=C(c2ccc(Cl)cc2)C1. The first-order chi connectivity index (χ1) is 21.5. The lowest BCUT2D eigenvalue weighted by Gasteiger charge is -2.52. The van der Waals surface area contributed by atoms with Gasteiger partial charge in [-0.2, -0.15) is 0 Å². The molecule has 1 aliphatic carbocycles. The topological polar surface area (TPSA) is 90.0 Å². The number of piperazine rings is 1. The molecule has 0 saturated carbocycles. The third-order valence-electron chi connectivity index (χ3n) is 10.5. The summed E-state index contributed by atoms with van der Waals surface area (Å²) in [5.74, 6) is -2.48. The van der Waals surface area contributed by atoms with Gasteiger partial charge in [0.2, 0.25) is 11.8 Å². The van der Waals surface area contributed by atoms with Crippen LogP contribution in [0.1, 0.15) is 90.6 Å². The molecule has 8 nitrogen and oxygen atoms in total. The van der Waals surface area contributed by atoms with Crippen molar-refractivity contribution in [3.63, 3.8) is 0 Å². The number of nitrogens with one attached hydrogen (secondary N) is 1. The van der Waals surface area contributed by atoms with Gasteiger partial charge in [-0.1, -0.05) is 43.2 Å². The van der Waals surface area contributed by atoms with E-state index in [2.05, 4.69) is 36.2 Å². The average molecular weight is 633 g/mol. The van der Waals surface area contributed by atoms with E-state index in [-0.39, 0.29) is 59.8 Å². The molecule has 0 spiro atoms. The van der Waals surface area contributed by atoms with Crippen LogP contribution < -0.4 is 5.32 Å². The summed E-state index contributed by atoms with van der Waals surface area (Å²) in [5.41, 5.74) is 4.87. The molecule has 4 saturated heterocycles. The summed E-state index contributed by atoms with van der Waals surface area (Å²) in [6, 6.07) is 10.3. The second-order valence-electron chi connectivity index (χ2n) is 14.1. The Morgan fingerprint density at radius 3 is 2.49 bits per heavy atom. The molecule has 4 amide bonds. The normalized spacial score (nSPS) is 26.4. The molecule has 4 fully saturated rings.